The number of halogens is 1. The van der Waals surface area contributed by atoms with Crippen LogP contribution in [0.4, 0.5) is 5.69 Å². The van der Waals surface area contributed by atoms with Crippen LogP contribution in [-0.2, 0) is 11.2 Å². The summed E-state index contributed by atoms with van der Waals surface area (Å²) in [6.07, 6.45) is 0.507. The van der Waals surface area contributed by atoms with Gasteiger partial charge in [0.2, 0.25) is 5.91 Å². The van der Waals surface area contributed by atoms with Gasteiger partial charge in [0.05, 0.1) is 4.34 Å². The topological polar surface area (TPSA) is 71.6 Å². The lowest BCUT2D eigenvalue weighted by Gasteiger charge is -2.36. The maximum absolute atomic E-state index is 13.5. The predicted octanol–water partition coefficient (Wildman–Crippen LogP) is 3.15. The van der Waals surface area contributed by atoms with E-state index in [4.69, 9.17) is 17.3 Å². The van der Waals surface area contributed by atoms with Crippen LogP contribution in [0, 0.1) is 0 Å². The van der Waals surface area contributed by atoms with Gasteiger partial charge in [0, 0.05) is 30.6 Å². The highest BCUT2D eigenvalue weighted by Gasteiger charge is 2.36. The van der Waals surface area contributed by atoms with Crippen molar-refractivity contribution < 1.29 is 9.59 Å². The minimum Gasteiger partial charge on any atom is -0.364 e. The average Bonchev–Trinajstić information content (AvgIpc) is 3.16. The molecule has 2 N–H and O–H groups in total. The van der Waals surface area contributed by atoms with Gasteiger partial charge in [0.15, 0.2) is 0 Å². The number of hydrogen-bond donors (Lipinski definition) is 1. The number of rotatable bonds is 5. The molecule has 0 aliphatic carbocycles. The van der Waals surface area contributed by atoms with Gasteiger partial charge in [0.25, 0.3) is 5.91 Å². The molecule has 1 aliphatic rings. The number of aromatic nitrogens is 1. The second kappa shape index (κ2) is 7.24. The maximum atomic E-state index is 13.5. The number of anilines is 1. The van der Waals surface area contributed by atoms with E-state index in [-0.39, 0.29) is 5.91 Å². The number of carbonyl (C=O) groups is 2. The van der Waals surface area contributed by atoms with Crippen molar-refractivity contribution in [1.29, 1.82) is 0 Å². The van der Waals surface area contributed by atoms with Crippen LogP contribution in [-0.4, -0.2) is 48.5 Å². The first-order valence-electron chi connectivity index (χ1n) is 9.01. The number of thiophene rings is 1. The Labute approximate surface area is 172 Å². The van der Waals surface area contributed by atoms with Crippen LogP contribution in [0.15, 0.2) is 36.4 Å². The van der Waals surface area contributed by atoms with Crippen molar-refractivity contribution in [1.82, 2.24) is 9.47 Å². The van der Waals surface area contributed by atoms with Crippen molar-refractivity contribution in [3.8, 4) is 0 Å². The van der Waals surface area contributed by atoms with E-state index in [1.54, 1.807) is 16.7 Å². The summed E-state index contributed by atoms with van der Waals surface area (Å²) in [6, 6.07) is 10.9. The molecule has 4 rings (SSSR count). The number of benzene rings is 1. The smallest absolute Gasteiger partial charge is 0.265 e. The number of nitrogens with two attached hydrogens (primary N) is 1. The molecule has 1 unspecified atom stereocenters. The van der Waals surface area contributed by atoms with Crippen LogP contribution in [0.3, 0.4) is 0 Å². The highest BCUT2D eigenvalue weighted by atomic mass is 35.5. The molecular weight excluding hydrogens is 396 g/mol. The van der Waals surface area contributed by atoms with Gasteiger partial charge >= 0.3 is 0 Å². The van der Waals surface area contributed by atoms with E-state index in [0.29, 0.717) is 23.0 Å². The van der Waals surface area contributed by atoms with E-state index in [1.807, 2.05) is 48.2 Å². The van der Waals surface area contributed by atoms with Crippen LogP contribution in [0.1, 0.15) is 22.1 Å². The molecule has 0 radical (unpaired) electrons. The SMILES string of the molecule is CN(C)CCN1C(=O)C(n2c(C(N)=O)cc3cc(Cl)sc32)Cc2ccccc21. The first-order chi connectivity index (χ1) is 13.4. The van der Waals surface area contributed by atoms with Crippen molar-refractivity contribution in [3.63, 3.8) is 0 Å². The number of primary amides is 1. The van der Waals surface area contributed by atoms with Crippen LogP contribution >= 0.6 is 22.9 Å². The Balaban J connectivity index is 1.84. The third-order valence-electron chi connectivity index (χ3n) is 5.06. The third kappa shape index (κ3) is 3.19. The number of amides is 2. The molecule has 28 heavy (non-hydrogen) atoms. The number of nitrogens with zero attached hydrogens (tertiary/aromatic N) is 3. The second-order valence-electron chi connectivity index (χ2n) is 7.22. The molecule has 2 amide bonds. The summed E-state index contributed by atoms with van der Waals surface area (Å²) in [5.41, 5.74) is 7.98. The van der Waals surface area contributed by atoms with Crippen molar-refractivity contribution >= 4 is 50.7 Å². The summed E-state index contributed by atoms with van der Waals surface area (Å²) in [5.74, 6) is -0.587. The summed E-state index contributed by atoms with van der Waals surface area (Å²) in [5, 5.41) is 0.829. The lowest BCUT2D eigenvalue weighted by Crippen LogP contribution is -2.45. The van der Waals surface area contributed by atoms with Gasteiger partial charge in [-0.25, -0.2) is 0 Å². The lowest BCUT2D eigenvalue weighted by molar-refractivity contribution is -0.122. The molecule has 1 atom stereocenters. The van der Waals surface area contributed by atoms with E-state index in [1.165, 1.54) is 11.3 Å². The van der Waals surface area contributed by atoms with Crippen molar-refractivity contribution in [2.45, 2.75) is 12.5 Å². The fourth-order valence-electron chi connectivity index (χ4n) is 3.76. The summed E-state index contributed by atoms with van der Waals surface area (Å²) >= 11 is 7.54. The second-order valence-corrected chi connectivity index (χ2v) is 8.88. The van der Waals surface area contributed by atoms with Gasteiger partial charge in [0.1, 0.15) is 16.6 Å². The Morgan fingerprint density at radius 3 is 2.79 bits per heavy atom. The molecule has 1 aliphatic heterocycles. The molecule has 0 spiro atoms. The van der Waals surface area contributed by atoms with E-state index in [9.17, 15) is 9.59 Å². The minimum atomic E-state index is -0.550. The van der Waals surface area contributed by atoms with Crippen LogP contribution in [0.25, 0.3) is 10.2 Å². The van der Waals surface area contributed by atoms with Crippen LogP contribution in [0.5, 0.6) is 0 Å². The standard InChI is InChI=1S/C20H21ClN4O2S/c1-23(2)7-8-24-14-6-4-3-5-12(14)9-16(19(24)27)25-15(18(22)26)10-13-11-17(21)28-20(13)25/h3-6,10-11,16H,7-9H2,1-2H3,(H2,22,26). The molecular formula is C20H21ClN4O2S. The Bertz CT molecular complexity index is 1070. The summed E-state index contributed by atoms with van der Waals surface area (Å²) < 4.78 is 2.39. The van der Waals surface area contributed by atoms with Gasteiger partial charge < -0.3 is 20.1 Å². The highest BCUT2D eigenvalue weighted by molar-refractivity contribution is 7.22. The molecule has 1 aromatic carbocycles. The maximum Gasteiger partial charge on any atom is 0.265 e. The van der Waals surface area contributed by atoms with E-state index in [0.717, 1.165) is 28.0 Å². The van der Waals surface area contributed by atoms with Crippen molar-refractivity contribution in [3.05, 3.63) is 52.0 Å². The molecule has 6 nitrogen and oxygen atoms in total. The fraction of sp³-hybridized carbons (Fsp3) is 0.300. The molecule has 0 saturated carbocycles. The molecule has 0 bridgehead atoms. The Hall–Kier alpha value is -2.35. The zero-order chi connectivity index (χ0) is 20.0. The number of carbonyl (C=O) groups excluding carboxylic acids is 2. The Morgan fingerprint density at radius 1 is 1.32 bits per heavy atom. The Kier molecular flexibility index (Phi) is 4.91. The molecule has 3 aromatic rings. The molecule has 3 heterocycles. The first-order valence-corrected chi connectivity index (χ1v) is 10.2. The summed E-state index contributed by atoms with van der Waals surface area (Å²) in [7, 11) is 3.96. The van der Waals surface area contributed by atoms with Gasteiger partial charge in [-0.15, -0.1) is 11.3 Å². The van der Waals surface area contributed by atoms with E-state index >= 15 is 0 Å². The van der Waals surface area contributed by atoms with Gasteiger partial charge in [-0.05, 0) is 37.9 Å². The number of hydrogen-bond acceptors (Lipinski definition) is 4. The van der Waals surface area contributed by atoms with Crippen LogP contribution in [0.2, 0.25) is 4.34 Å². The Morgan fingerprint density at radius 2 is 2.07 bits per heavy atom. The monoisotopic (exact) mass is 416 g/mol. The average molecular weight is 417 g/mol. The summed E-state index contributed by atoms with van der Waals surface area (Å²) in [6.45, 7) is 1.31. The molecule has 8 heteroatoms. The van der Waals surface area contributed by atoms with Crippen molar-refractivity contribution in [2.24, 2.45) is 5.73 Å². The van der Waals surface area contributed by atoms with E-state index in [2.05, 4.69) is 0 Å². The first kappa shape index (κ1) is 19.0. The molecule has 0 fully saturated rings. The van der Waals surface area contributed by atoms with Crippen molar-refractivity contribution in [2.75, 3.05) is 32.1 Å². The van der Waals surface area contributed by atoms with Gasteiger partial charge in [-0.1, -0.05) is 29.8 Å². The highest BCUT2D eigenvalue weighted by Crippen LogP contribution is 2.39. The summed E-state index contributed by atoms with van der Waals surface area (Å²) in [4.78, 5) is 30.3. The zero-order valence-electron chi connectivity index (χ0n) is 15.7. The molecule has 2 aromatic heterocycles. The number of fused-ring (bicyclic) bond motifs is 2. The molecule has 146 valence electrons. The minimum absolute atomic E-state index is 0.0370. The number of likely N-dealkylation sites (N-methyl/N-ethyl adjacent to an activating group) is 1. The predicted molar refractivity (Wildman–Crippen MR) is 113 cm³/mol. The largest absolute Gasteiger partial charge is 0.364 e. The number of para-hydroxylation sites is 1. The third-order valence-corrected chi connectivity index (χ3v) is 6.34. The fourth-order valence-corrected chi connectivity index (χ4v) is 5.02. The molecule has 0 saturated heterocycles. The van der Waals surface area contributed by atoms with Crippen LogP contribution < -0.4 is 10.6 Å². The normalized spacial score (nSPS) is 16.8. The lowest BCUT2D eigenvalue weighted by atomic mass is 9.96. The quantitative estimate of drug-likeness (QED) is 0.694. The zero-order valence-corrected chi connectivity index (χ0v) is 17.3. The van der Waals surface area contributed by atoms with E-state index < -0.39 is 11.9 Å². The van der Waals surface area contributed by atoms with Gasteiger partial charge in [-0.3, -0.25) is 9.59 Å². The van der Waals surface area contributed by atoms with Gasteiger partial charge in [-0.2, -0.15) is 0 Å².